The van der Waals surface area contributed by atoms with Crippen LogP contribution >= 0.6 is 0 Å². The van der Waals surface area contributed by atoms with E-state index in [-0.39, 0.29) is 11.9 Å². The third-order valence-electron chi connectivity index (χ3n) is 5.10. The van der Waals surface area contributed by atoms with Crippen molar-refractivity contribution in [2.45, 2.75) is 45.6 Å². The standard InChI is InChI=1S/C21H26N2O/c1-15(2)18-11-10-17-7-3-4-8-19(17)21(18)23-20(24)12-9-16-6-5-13-22-14-16/h3-8,13-15,18,21H,9-12H2,1-2H3,(H,23,24)/t18-,21-/m1/s1. The summed E-state index contributed by atoms with van der Waals surface area (Å²) in [5.41, 5.74) is 3.79. The van der Waals surface area contributed by atoms with E-state index in [1.165, 1.54) is 11.1 Å². The number of pyridine rings is 1. The van der Waals surface area contributed by atoms with E-state index >= 15 is 0 Å². The molecule has 0 saturated carbocycles. The highest BCUT2D eigenvalue weighted by molar-refractivity contribution is 5.76. The van der Waals surface area contributed by atoms with E-state index in [2.05, 4.69) is 48.4 Å². The Morgan fingerprint density at radius 3 is 2.83 bits per heavy atom. The number of carbonyl (C=O) groups is 1. The topological polar surface area (TPSA) is 42.0 Å². The molecule has 2 atom stereocenters. The van der Waals surface area contributed by atoms with Crippen LogP contribution in [-0.2, 0) is 17.6 Å². The molecular weight excluding hydrogens is 296 g/mol. The first kappa shape index (κ1) is 16.7. The summed E-state index contributed by atoms with van der Waals surface area (Å²) in [4.78, 5) is 16.6. The van der Waals surface area contributed by atoms with Crippen molar-refractivity contribution in [3.05, 3.63) is 65.5 Å². The van der Waals surface area contributed by atoms with Crippen molar-refractivity contribution in [2.75, 3.05) is 0 Å². The van der Waals surface area contributed by atoms with E-state index in [0.29, 0.717) is 18.3 Å². The molecule has 3 heteroatoms. The Bertz CT molecular complexity index is 681. The van der Waals surface area contributed by atoms with Crippen LogP contribution < -0.4 is 5.32 Å². The first-order valence-electron chi connectivity index (χ1n) is 8.91. The third kappa shape index (κ3) is 3.84. The van der Waals surface area contributed by atoms with Crippen LogP contribution in [0, 0.1) is 11.8 Å². The lowest BCUT2D eigenvalue weighted by molar-refractivity contribution is -0.122. The Morgan fingerprint density at radius 2 is 2.08 bits per heavy atom. The molecule has 3 rings (SSSR count). The summed E-state index contributed by atoms with van der Waals surface area (Å²) in [6.07, 6.45) is 7.09. The van der Waals surface area contributed by atoms with Crippen molar-refractivity contribution < 1.29 is 4.79 Å². The maximum atomic E-state index is 12.5. The fraction of sp³-hybridized carbons (Fsp3) is 0.429. The normalized spacial score (nSPS) is 19.8. The molecule has 0 fully saturated rings. The van der Waals surface area contributed by atoms with Gasteiger partial charge in [-0.15, -0.1) is 0 Å². The summed E-state index contributed by atoms with van der Waals surface area (Å²) in [6, 6.07) is 12.6. The number of amides is 1. The van der Waals surface area contributed by atoms with Crippen molar-refractivity contribution in [3.8, 4) is 0 Å². The van der Waals surface area contributed by atoms with Crippen LogP contribution in [0.1, 0.15) is 49.4 Å². The fourth-order valence-corrected chi connectivity index (χ4v) is 3.74. The average molecular weight is 322 g/mol. The molecule has 1 aliphatic carbocycles. The lowest BCUT2D eigenvalue weighted by Crippen LogP contribution is -2.38. The Kier molecular flexibility index (Phi) is 5.29. The predicted molar refractivity (Wildman–Crippen MR) is 96.5 cm³/mol. The molecule has 0 unspecified atom stereocenters. The van der Waals surface area contributed by atoms with E-state index in [9.17, 15) is 4.79 Å². The highest BCUT2D eigenvalue weighted by atomic mass is 16.1. The second-order valence-corrected chi connectivity index (χ2v) is 7.05. The zero-order valence-electron chi connectivity index (χ0n) is 14.5. The van der Waals surface area contributed by atoms with Crippen molar-refractivity contribution in [1.82, 2.24) is 10.3 Å². The lowest BCUT2D eigenvalue weighted by atomic mass is 9.74. The van der Waals surface area contributed by atoms with Crippen LogP contribution in [-0.4, -0.2) is 10.9 Å². The zero-order valence-corrected chi connectivity index (χ0v) is 14.5. The van der Waals surface area contributed by atoms with Crippen molar-refractivity contribution in [2.24, 2.45) is 11.8 Å². The molecule has 0 aliphatic heterocycles. The molecule has 24 heavy (non-hydrogen) atoms. The smallest absolute Gasteiger partial charge is 0.220 e. The number of nitrogens with zero attached hydrogens (tertiary/aromatic N) is 1. The molecule has 1 aliphatic rings. The fourth-order valence-electron chi connectivity index (χ4n) is 3.74. The Hall–Kier alpha value is -2.16. The van der Waals surface area contributed by atoms with E-state index in [4.69, 9.17) is 0 Å². The summed E-state index contributed by atoms with van der Waals surface area (Å²) in [5, 5.41) is 3.32. The van der Waals surface area contributed by atoms with Crippen LogP contribution in [0.15, 0.2) is 48.8 Å². The molecule has 1 aromatic carbocycles. The number of nitrogens with one attached hydrogen (secondary N) is 1. The molecule has 0 bridgehead atoms. The first-order chi connectivity index (χ1) is 11.6. The lowest BCUT2D eigenvalue weighted by Gasteiger charge is -2.36. The van der Waals surface area contributed by atoms with Gasteiger partial charge in [0.25, 0.3) is 0 Å². The minimum atomic E-state index is 0.131. The van der Waals surface area contributed by atoms with Gasteiger partial charge in [0.1, 0.15) is 0 Å². The van der Waals surface area contributed by atoms with Crippen molar-refractivity contribution >= 4 is 5.91 Å². The van der Waals surface area contributed by atoms with Gasteiger partial charge in [-0.25, -0.2) is 0 Å². The van der Waals surface area contributed by atoms with Crippen LogP contribution in [0.3, 0.4) is 0 Å². The summed E-state index contributed by atoms with van der Waals surface area (Å²) >= 11 is 0. The van der Waals surface area contributed by atoms with E-state index in [1.807, 2.05) is 18.3 Å². The molecular formula is C21H26N2O. The quantitative estimate of drug-likeness (QED) is 0.901. The number of benzene rings is 1. The molecule has 1 amide bonds. The van der Waals surface area contributed by atoms with E-state index in [0.717, 1.165) is 24.8 Å². The molecule has 0 spiro atoms. The number of fused-ring (bicyclic) bond motifs is 1. The highest BCUT2D eigenvalue weighted by Gasteiger charge is 2.32. The second-order valence-electron chi connectivity index (χ2n) is 7.05. The maximum Gasteiger partial charge on any atom is 0.220 e. The molecule has 0 saturated heterocycles. The number of hydrogen-bond acceptors (Lipinski definition) is 2. The number of aromatic nitrogens is 1. The van der Waals surface area contributed by atoms with Crippen molar-refractivity contribution in [1.29, 1.82) is 0 Å². The maximum absolute atomic E-state index is 12.5. The molecule has 1 aromatic heterocycles. The molecule has 1 N–H and O–H groups in total. The van der Waals surface area contributed by atoms with E-state index in [1.54, 1.807) is 6.20 Å². The predicted octanol–water partition coefficient (Wildman–Crippen LogP) is 4.09. The number of aryl methyl sites for hydroxylation is 2. The largest absolute Gasteiger partial charge is 0.349 e. The molecule has 126 valence electrons. The van der Waals surface area contributed by atoms with Gasteiger partial charge < -0.3 is 5.32 Å². The number of hydrogen-bond donors (Lipinski definition) is 1. The van der Waals surface area contributed by atoms with Gasteiger partial charge in [-0.1, -0.05) is 44.2 Å². The molecule has 3 nitrogen and oxygen atoms in total. The summed E-state index contributed by atoms with van der Waals surface area (Å²) in [5.74, 6) is 1.19. The van der Waals surface area contributed by atoms with Gasteiger partial charge in [-0.05, 0) is 53.9 Å². The Labute approximate surface area is 144 Å². The van der Waals surface area contributed by atoms with E-state index < -0.39 is 0 Å². The average Bonchev–Trinajstić information content (AvgIpc) is 2.61. The van der Waals surface area contributed by atoms with Crippen LogP contribution in [0.5, 0.6) is 0 Å². The van der Waals surface area contributed by atoms with Gasteiger partial charge >= 0.3 is 0 Å². The molecule has 2 aromatic rings. The molecule has 0 radical (unpaired) electrons. The minimum Gasteiger partial charge on any atom is -0.349 e. The van der Waals surface area contributed by atoms with Gasteiger partial charge in [0.05, 0.1) is 6.04 Å². The number of carbonyl (C=O) groups excluding carboxylic acids is 1. The zero-order chi connectivity index (χ0) is 16.9. The van der Waals surface area contributed by atoms with Crippen LogP contribution in [0.25, 0.3) is 0 Å². The monoisotopic (exact) mass is 322 g/mol. The van der Waals surface area contributed by atoms with Crippen molar-refractivity contribution in [3.63, 3.8) is 0 Å². The minimum absolute atomic E-state index is 0.131. The third-order valence-corrected chi connectivity index (χ3v) is 5.10. The van der Waals surface area contributed by atoms with Gasteiger partial charge in [-0.3, -0.25) is 9.78 Å². The van der Waals surface area contributed by atoms with Gasteiger partial charge in [-0.2, -0.15) is 0 Å². The first-order valence-corrected chi connectivity index (χ1v) is 8.91. The van der Waals surface area contributed by atoms with Gasteiger partial charge in [0.15, 0.2) is 0 Å². The second kappa shape index (κ2) is 7.61. The summed E-state index contributed by atoms with van der Waals surface area (Å²) in [6.45, 7) is 4.51. The molecule has 1 heterocycles. The Balaban J connectivity index is 1.70. The van der Waals surface area contributed by atoms with Gasteiger partial charge in [0, 0.05) is 18.8 Å². The van der Waals surface area contributed by atoms with Gasteiger partial charge in [0.2, 0.25) is 5.91 Å². The summed E-state index contributed by atoms with van der Waals surface area (Å²) in [7, 11) is 0. The summed E-state index contributed by atoms with van der Waals surface area (Å²) < 4.78 is 0. The highest BCUT2D eigenvalue weighted by Crippen LogP contribution is 2.38. The number of rotatable bonds is 5. The SMILES string of the molecule is CC(C)[C@H]1CCc2ccccc2[C@@H]1NC(=O)CCc1cccnc1. The van der Waals surface area contributed by atoms with Crippen LogP contribution in [0.2, 0.25) is 0 Å². The Morgan fingerprint density at radius 1 is 1.25 bits per heavy atom. The van der Waals surface area contributed by atoms with Crippen LogP contribution in [0.4, 0.5) is 0 Å².